The second-order valence-electron chi connectivity index (χ2n) is 6.08. The van der Waals surface area contributed by atoms with Crippen LogP contribution in [-0.2, 0) is 14.3 Å². The van der Waals surface area contributed by atoms with Gasteiger partial charge in [0.15, 0.2) is 0 Å². The molecule has 1 N–H and O–H groups in total. The molecule has 22 heavy (non-hydrogen) atoms. The van der Waals surface area contributed by atoms with Crippen molar-refractivity contribution in [3.8, 4) is 0 Å². The van der Waals surface area contributed by atoms with Gasteiger partial charge in [0.1, 0.15) is 5.78 Å². The fourth-order valence-corrected chi connectivity index (χ4v) is 2.48. The lowest BCUT2D eigenvalue weighted by Crippen LogP contribution is -2.30. The second kappa shape index (κ2) is 9.57. The van der Waals surface area contributed by atoms with Gasteiger partial charge in [-0.05, 0) is 25.3 Å². The molecule has 0 spiro atoms. The molecular formula is C18H30O4. The molecule has 0 aromatic carbocycles. The largest absolute Gasteiger partial charge is 0.469 e. The van der Waals surface area contributed by atoms with E-state index < -0.39 is 12.0 Å². The van der Waals surface area contributed by atoms with Gasteiger partial charge in [-0.2, -0.15) is 0 Å². The van der Waals surface area contributed by atoms with Gasteiger partial charge >= 0.3 is 5.97 Å². The van der Waals surface area contributed by atoms with E-state index in [1.54, 1.807) is 13.8 Å². The van der Waals surface area contributed by atoms with Gasteiger partial charge in [-0.1, -0.05) is 45.9 Å². The first kappa shape index (κ1) is 20.6. The van der Waals surface area contributed by atoms with E-state index in [4.69, 9.17) is 4.74 Å². The van der Waals surface area contributed by atoms with Crippen molar-refractivity contribution < 1.29 is 19.4 Å². The minimum atomic E-state index is -0.803. The molecule has 0 aliphatic rings. The van der Waals surface area contributed by atoms with Gasteiger partial charge < -0.3 is 9.84 Å². The molecule has 0 unspecified atom stereocenters. The average Bonchev–Trinajstić information content (AvgIpc) is 2.50. The van der Waals surface area contributed by atoms with Gasteiger partial charge in [0, 0.05) is 11.8 Å². The summed E-state index contributed by atoms with van der Waals surface area (Å²) in [5, 5.41) is 10.1. The highest BCUT2D eigenvalue weighted by Crippen LogP contribution is 2.21. The minimum absolute atomic E-state index is 0.0211. The fraction of sp³-hybridized carbons (Fsp3) is 0.667. The summed E-state index contributed by atoms with van der Waals surface area (Å²) in [7, 11) is 1.37. The van der Waals surface area contributed by atoms with Gasteiger partial charge in [0.2, 0.25) is 0 Å². The van der Waals surface area contributed by atoms with E-state index in [0.29, 0.717) is 18.4 Å². The molecule has 0 heterocycles. The first-order chi connectivity index (χ1) is 10.1. The van der Waals surface area contributed by atoms with E-state index in [9.17, 15) is 14.7 Å². The van der Waals surface area contributed by atoms with Gasteiger partial charge in [-0.15, -0.1) is 0 Å². The Morgan fingerprint density at radius 2 is 1.82 bits per heavy atom. The van der Waals surface area contributed by atoms with Gasteiger partial charge in [-0.25, -0.2) is 0 Å². The topological polar surface area (TPSA) is 63.6 Å². The second-order valence-corrected chi connectivity index (χ2v) is 6.08. The van der Waals surface area contributed by atoms with E-state index in [1.165, 1.54) is 7.11 Å². The maximum absolute atomic E-state index is 12.4. The van der Waals surface area contributed by atoms with Crippen LogP contribution in [0.4, 0.5) is 0 Å². The summed E-state index contributed by atoms with van der Waals surface area (Å²) >= 11 is 0. The molecule has 126 valence electrons. The van der Waals surface area contributed by atoms with E-state index in [0.717, 1.165) is 5.57 Å². The van der Waals surface area contributed by atoms with Crippen molar-refractivity contribution in [2.45, 2.75) is 53.6 Å². The summed E-state index contributed by atoms with van der Waals surface area (Å²) in [5.74, 6) is -1.29. The molecule has 0 fully saturated rings. The smallest absolute Gasteiger partial charge is 0.308 e. The third-order valence-corrected chi connectivity index (χ3v) is 4.01. The molecule has 0 radical (unpaired) electrons. The number of methoxy groups -OCH3 is 1. The minimum Gasteiger partial charge on any atom is -0.469 e. The fourth-order valence-electron chi connectivity index (χ4n) is 2.48. The van der Waals surface area contributed by atoms with Crippen LogP contribution in [0.3, 0.4) is 0 Å². The van der Waals surface area contributed by atoms with Gasteiger partial charge in [-0.3, -0.25) is 9.59 Å². The van der Waals surface area contributed by atoms with Gasteiger partial charge in [0.25, 0.3) is 0 Å². The zero-order chi connectivity index (χ0) is 17.4. The van der Waals surface area contributed by atoms with Crippen LogP contribution >= 0.6 is 0 Å². The molecule has 4 heteroatoms. The first-order valence-electron chi connectivity index (χ1n) is 7.80. The molecule has 0 rings (SSSR count). The van der Waals surface area contributed by atoms with Crippen molar-refractivity contribution in [1.82, 2.24) is 0 Å². The van der Waals surface area contributed by atoms with E-state index in [1.807, 2.05) is 26.8 Å². The molecule has 0 amide bonds. The number of Topliss-reactive ketones (excluding diaryl/α,β-unsaturated/α-hetero) is 1. The Bertz CT molecular complexity index is 436. The molecular weight excluding hydrogens is 280 g/mol. The SMILES string of the molecule is C=C(CC)[C@@H](O)[C@H](C)C(=O)[C@H](C)/C=C(\C)C[C@H](C)C(=O)OC. The molecule has 4 nitrogen and oxygen atoms in total. The number of ether oxygens (including phenoxy) is 1. The van der Waals surface area contributed by atoms with Crippen molar-refractivity contribution in [2.24, 2.45) is 17.8 Å². The van der Waals surface area contributed by atoms with Crippen molar-refractivity contribution in [2.75, 3.05) is 7.11 Å². The predicted molar refractivity (Wildman–Crippen MR) is 88.3 cm³/mol. The van der Waals surface area contributed by atoms with Crippen molar-refractivity contribution in [1.29, 1.82) is 0 Å². The van der Waals surface area contributed by atoms with Crippen molar-refractivity contribution in [3.05, 3.63) is 23.8 Å². The van der Waals surface area contributed by atoms with Gasteiger partial charge in [0.05, 0.1) is 19.1 Å². The number of carbonyl (C=O) groups excluding carboxylic acids is 2. The molecule has 0 aliphatic carbocycles. The van der Waals surface area contributed by atoms with Crippen LogP contribution in [0.25, 0.3) is 0 Å². The molecule has 0 aliphatic heterocycles. The Morgan fingerprint density at radius 3 is 2.27 bits per heavy atom. The van der Waals surface area contributed by atoms with Crippen LogP contribution in [0.5, 0.6) is 0 Å². The van der Waals surface area contributed by atoms with E-state index >= 15 is 0 Å². The van der Waals surface area contributed by atoms with E-state index in [2.05, 4.69) is 6.58 Å². The van der Waals surface area contributed by atoms with Crippen LogP contribution < -0.4 is 0 Å². The highest BCUT2D eigenvalue weighted by atomic mass is 16.5. The maximum Gasteiger partial charge on any atom is 0.308 e. The summed E-state index contributed by atoms with van der Waals surface area (Å²) < 4.78 is 4.70. The highest BCUT2D eigenvalue weighted by molar-refractivity contribution is 5.85. The Kier molecular flexibility index (Phi) is 8.95. The normalized spacial score (nSPS) is 17.3. The number of aliphatic hydroxyl groups excluding tert-OH is 1. The zero-order valence-electron chi connectivity index (χ0n) is 14.7. The molecule has 4 atom stereocenters. The van der Waals surface area contributed by atoms with Crippen LogP contribution in [0.2, 0.25) is 0 Å². The lowest BCUT2D eigenvalue weighted by molar-refractivity contribution is -0.144. The number of carbonyl (C=O) groups is 2. The van der Waals surface area contributed by atoms with Crippen molar-refractivity contribution in [3.63, 3.8) is 0 Å². The van der Waals surface area contributed by atoms with Crippen molar-refractivity contribution >= 4 is 11.8 Å². The number of esters is 1. The Morgan fingerprint density at radius 1 is 1.27 bits per heavy atom. The molecule has 0 saturated heterocycles. The summed E-state index contributed by atoms with van der Waals surface area (Å²) in [6.45, 7) is 12.9. The van der Waals surface area contributed by atoms with E-state index in [-0.39, 0.29) is 23.6 Å². The number of aliphatic hydroxyl groups is 1. The average molecular weight is 310 g/mol. The number of allylic oxidation sites excluding steroid dienone is 2. The highest BCUT2D eigenvalue weighted by Gasteiger charge is 2.26. The monoisotopic (exact) mass is 310 g/mol. The summed E-state index contributed by atoms with van der Waals surface area (Å²) in [5.41, 5.74) is 1.64. The third-order valence-electron chi connectivity index (χ3n) is 4.01. The zero-order valence-corrected chi connectivity index (χ0v) is 14.7. The molecule has 0 saturated carbocycles. The van der Waals surface area contributed by atoms with Crippen LogP contribution in [0.15, 0.2) is 23.8 Å². The van der Waals surface area contributed by atoms with Crippen LogP contribution in [0.1, 0.15) is 47.5 Å². The Hall–Kier alpha value is -1.42. The van der Waals surface area contributed by atoms with Crippen LogP contribution in [-0.4, -0.2) is 30.1 Å². The quantitative estimate of drug-likeness (QED) is 0.524. The number of hydrogen-bond donors (Lipinski definition) is 1. The maximum atomic E-state index is 12.4. The number of ketones is 1. The molecule has 0 aromatic heterocycles. The summed E-state index contributed by atoms with van der Waals surface area (Å²) in [6.07, 6.45) is 2.27. The summed E-state index contributed by atoms with van der Waals surface area (Å²) in [4.78, 5) is 23.8. The molecule has 0 bridgehead atoms. The third kappa shape index (κ3) is 6.14. The Balaban J connectivity index is 4.78. The van der Waals surface area contributed by atoms with Crippen LogP contribution in [0, 0.1) is 17.8 Å². The summed E-state index contributed by atoms with van der Waals surface area (Å²) in [6, 6.07) is 0. The lowest BCUT2D eigenvalue weighted by Gasteiger charge is -2.21. The standard InChI is InChI=1S/C18H30O4/c1-8-12(3)16(19)15(6)17(20)13(4)9-11(2)10-14(5)18(21)22-7/h9,13-16,19H,3,8,10H2,1-2,4-7H3/b11-9+/t13-,14+,15+,16-/m1/s1. The Labute approximate surface area is 134 Å². The predicted octanol–water partition coefficient (Wildman–Crippen LogP) is 3.30. The number of hydrogen-bond acceptors (Lipinski definition) is 4. The number of rotatable bonds is 9. The molecule has 0 aromatic rings. The lowest BCUT2D eigenvalue weighted by atomic mass is 9.86. The first-order valence-corrected chi connectivity index (χ1v) is 7.80.